The molecule has 122 valence electrons. The van der Waals surface area contributed by atoms with Crippen LogP contribution in [0, 0.1) is 0 Å². The second-order valence-electron chi connectivity index (χ2n) is 6.18. The maximum absolute atomic E-state index is 12.3. The molecule has 1 fully saturated rings. The van der Waals surface area contributed by atoms with Crippen molar-refractivity contribution in [3.8, 4) is 0 Å². The molecule has 0 bridgehead atoms. The summed E-state index contributed by atoms with van der Waals surface area (Å²) >= 11 is 0. The number of hydrogen-bond acceptors (Lipinski definition) is 3. The molecule has 0 saturated carbocycles. The topological polar surface area (TPSA) is 47.4 Å². The molecule has 24 heavy (non-hydrogen) atoms. The number of carbonyl (C=O) groups is 1. The maximum Gasteiger partial charge on any atom is 0.257 e. The van der Waals surface area contributed by atoms with Gasteiger partial charge in [0.25, 0.3) is 5.91 Å². The van der Waals surface area contributed by atoms with Crippen molar-refractivity contribution in [2.24, 2.45) is 7.05 Å². The number of fused-ring (bicyclic) bond motifs is 1. The van der Waals surface area contributed by atoms with Crippen LogP contribution in [0.2, 0.25) is 0 Å². The van der Waals surface area contributed by atoms with Gasteiger partial charge < -0.3 is 9.64 Å². The van der Waals surface area contributed by atoms with Gasteiger partial charge in [0.2, 0.25) is 0 Å². The van der Waals surface area contributed by atoms with Crippen LogP contribution in [0.5, 0.6) is 0 Å². The number of likely N-dealkylation sites (tertiary alicyclic amines) is 1. The number of carbonyl (C=O) groups excluding carboxylic acids is 1. The molecule has 0 N–H and O–H groups in total. The van der Waals surface area contributed by atoms with Crippen LogP contribution in [0.4, 0.5) is 0 Å². The van der Waals surface area contributed by atoms with Gasteiger partial charge in [-0.3, -0.25) is 9.48 Å². The average Bonchev–Trinajstić information content (AvgIpc) is 3.00. The van der Waals surface area contributed by atoms with Gasteiger partial charge in [-0.1, -0.05) is 42.5 Å². The van der Waals surface area contributed by atoms with E-state index < -0.39 is 0 Å². The molecular weight excluding hydrogens is 302 g/mol. The summed E-state index contributed by atoms with van der Waals surface area (Å²) in [7, 11) is 1.81. The van der Waals surface area contributed by atoms with Crippen molar-refractivity contribution in [2.75, 3.05) is 13.1 Å². The van der Waals surface area contributed by atoms with E-state index in [-0.39, 0.29) is 12.0 Å². The summed E-state index contributed by atoms with van der Waals surface area (Å²) < 4.78 is 7.62. The molecule has 4 rings (SSSR count). The number of amides is 1. The zero-order chi connectivity index (χ0) is 16.5. The summed E-state index contributed by atoms with van der Waals surface area (Å²) in [5, 5.41) is 6.49. The first-order valence-corrected chi connectivity index (χ1v) is 8.07. The Morgan fingerprint density at radius 2 is 2.00 bits per heavy atom. The Morgan fingerprint density at radius 1 is 1.21 bits per heavy atom. The predicted molar refractivity (Wildman–Crippen MR) is 91.6 cm³/mol. The van der Waals surface area contributed by atoms with E-state index >= 15 is 0 Å². The molecule has 2 heterocycles. The molecule has 0 radical (unpaired) electrons. The number of nitrogens with zero attached hydrogens (tertiary/aromatic N) is 3. The van der Waals surface area contributed by atoms with E-state index in [1.807, 2.05) is 19.2 Å². The van der Waals surface area contributed by atoms with Crippen LogP contribution < -0.4 is 0 Å². The van der Waals surface area contributed by atoms with Gasteiger partial charge in [0.05, 0.1) is 24.5 Å². The maximum atomic E-state index is 12.3. The van der Waals surface area contributed by atoms with Crippen molar-refractivity contribution in [3.05, 3.63) is 66.0 Å². The molecule has 1 aliphatic rings. The van der Waals surface area contributed by atoms with Crippen LogP contribution >= 0.6 is 0 Å². The highest BCUT2D eigenvalue weighted by molar-refractivity contribution is 5.94. The third kappa shape index (κ3) is 2.78. The number of aromatic nitrogens is 2. The summed E-state index contributed by atoms with van der Waals surface area (Å²) in [4.78, 5) is 14.0. The van der Waals surface area contributed by atoms with Gasteiger partial charge in [-0.05, 0) is 16.3 Å². The molecule has 0 aliphatic carbocycles. The lowest BCUT2D eigenvalue weighted by molar-refractivity contribution is -0.0499. The quantitative estimate of drug-likeness (QED) is 0.742. The Bertz CT molecular complexity index is 876. The molecule has 1 saturated heterocycles. The van der Waals surface area contributed by atoms with Crippen molar-refractivity contribution in [3.63, 3.8) is 0 Å². The van der Waals surface area contributed by atoms with Gasteiger partial charge in [-0.25, -0.2) is 0 Å². The van der Waals surface area contributed by atoms with E-state index in [0.717, 1.165) is 0 Å². The fourth-order valence-electron chi connectivity index (χ4n) is 3.05. The normalized spacial score (nSPS) is 14.8. The predicted octanol–water partition coefficient (Wildman–Crippen LogP) is 2.61. The smallest absolute Gasteiger partial charge is 0.257 e. The molecule has 5 heteroatoms. The van der Waals surface area contributed by atoms with E-state index in [4.69, 9.17) is 4.74 Å². The molecule has 0 spiro atoms. The fraction of sp³-hybridized carbons (Fsp3) is 0.263. The number of aryl methyl sites for hydroxylation is 1. The molecule has 1 aliphatic heterocycles. The lowest BCUT2D eigenvalue weighted by atomic mass is 10.1. The lowest BCUT2D eigenvalue weighted by Gasteiger charge is -2.38. The van der Waals surface area contributed by atoms with Crippen LogP contribution in [-0.4, -0.2) is 39.8 Å². The van der Waals surface area contributed by atoms with Gasteiger partial charge in [-0.2, -0.15) is 5.10 Å². The first-order valence-electron chi connectivity index (χ1n) is 8.07. The van der Waals surface area contributed by atoms with Gasteiger partial charge in [-0.15, -0.1) is 0 Å². The Hall–Kier alpha value is -2.66. The first kappa shape index (κ1) is 14.9. The van der Waals surface area contributed by atoms with Crippen LogP contribution in [0.25, 0.3) is 10.8 Å². The summed E-state index contributed by atoms with van der Waals surface area (Å²) in [5.41, 5.74) is 1.81. The molecule has 2 aromatic carbocycles. The summed E-state index contributed by atoms with van der Waals surface area (Å²) in [6.45, 7) is 1.85. The van der Waals surface area contributed by atoms with E-state index in [2.05, 4.69) is 35.4 Å². The minimum Gasteiger partial charge on any atom is -0.370 e. The van der Waals surface area contributed by atoms with E-state index in [1.54, 1.807) is 22.0 Å². The molecule has 1 aromatic heterocycles. The van der Waals surface area contributed by atoms with Gasteiger partial charge in [0.1, 0.15) is 0 Å². The Morgan fingerprint density at radius 3 is 2.79 bits per heavy atom. The average molecular weight is 321 g/mol. The second-order valence-corrected chi connectivity index (χ2v) is 6.18. The van der Waals surface area contributed by atoms with Gasteiger partial charge in [0.15, 0.2) is 0 Å². The van der Waals surface area contributed by atoms with Crippen molar-refractivity contribution >= 4 is 16.7 Å². The lowest BCUT2D eigenvalue weighted by Crippen LogP contribution is -2.54. The highest BCUT2D eigenvalue weighted by atomic mass is 16.5. The third-order valence-corrected chi connectivity index (χ3v) is 4.44. The molecule has 3 aromatic rings. The molecule has 0 unspecified atom stereocenters. The monoisotopic (exact) mass is 321 g/mol. The van der Waals surface area contributed by atoms with E-state index in [9.17, 15) is 4.79 Å². The molecule has 5 nitrogen and oxygen atoms in total. The minimum absolute atomic E-state index is 0.0214. The zero-order valence-electron chi connectivity index (χ0n) is 13.6. The first-order chi connectivity index (χ1) is 11.7. The van der Waals surface area contributed by atoms with Crippen LogP contribution in [-0.2, 0) is 18.4 Å². The van der Waals surface area contributed by atoms with Crippen LogP contribution in [0.15, 0.2) is 54.9 Å². The van der Waals surface area contributed by atoms with E-state index in [0.29, 0.717) is 25.3 Å². The third-order valence-electron chi connectivity index (χ3n) is 4.44. The van der Waals surface area contributed by atoms with Gasteiger partial charge >= 0.3 is 0 Å². The zero-order valence-corrected chi connectivity index (χ0v) is 13.6. The number of rotatable bonds is 4. The SMILES string of the molecule is Cn1cc(C(=O)N2CC(OCc3cccc4ccccc34)C2)cn1. The van der Waals surface area contributed by atoms with Crippen molar-refractivity contribution in [2.45, 2.75) is 12.7 Å². The van der Waals surface area contributed by atoms with Gasteiger partial charge in [0, 0.05) is 26.3 Å². The van der Waals surface area contributed by atoms with Crippen molar-refractivity contribution in [1.82, 2.24) is 14.7 Å². The number of ether oxygens (including phenoxy) is 1. The fourth-order valence-corrected chi connectivity index (χ4v) is 3.05. The van der Waals surface area contributed by atoms with Crippen molar-refractivity contribution in [1.29, 1.82) is 0 Å². The highest BCUT2D eigenvalue weighted by Gasteiger charge is 2.32. The van der Waals surface area contributed by atoms with Crippen molar-refractivity contribution < 1.29 is 9.53 Å². The largest absolute Gasteiger partial charge is 0.370 e. The summed E-state index contributed by atoms with van der Waals surface area (Å²) in [6.07, 6.45) is 3.45. The minimum atomic E-state index is 0.0214. The molecule has 0 atom stereocenters. The molecule has 1 amide bonds. The molecular formula is C19H19N3O2. The second kappa shape index (κ2) is 6.09. The number of benzene rings is 2. The Balaban J connectivity index is 1.34. The van der Waals surface area contributed by atoms with Crippen LogP contribution in [0.3, 0.4) is 0 Å². The standard InChI is InChI=1S/C19H19N3O2/c1-21-10-16(9-20-21)19(23)22-11-17(12-22)24-13-15-7-4-6-14-5-2-3-8-18(14)15/h2-10,17H,11-13H2,1H3. The highest BCUT2D eigenvalue weighted by Crippen LogP contribution is 2.22. The van der Waals surface area contributed by atoms with E-state index in [1.165, 1.54) is 16.3 Å². The Labute approximate surface area is 140 Å². The summed E-state index contributed by atoms with van der Waals surface area (Å²) in [6, 6.07) is 14.6. The summed E-state index contributed by atoms with van der Waals surface area (Å²) in [5.74, 6) is 0.0214. The number of hydrogen-bond donors (Lipinski definition) is 0. The Kier molecular flexibility index (Phi) is 3.78. The van der Waals surface area contributed by atoms with Crippen LogP contribution in [0.1, 0.15) is 15.9 Å².